The molecule has 4 rings (SSSR count). The van der Waals surface area contributed by atoms with E-state index in [-0.39, 0.29) is 23.8 Å². The molecule has 1 aromatic heterocycles. The lowest BCUT2D eigenvalue weighted by Gasteiger charge is -2.24. The fourth-order valence-corrected chi connectivity index (χ4v) is 4.66. The minimum atomic E-state index is -0.702. The molecule has 0 bridgehead atoms. The standard InChI is InChI=1S/C21H16F2N2O2S/c1-11-18-15(14-8-7-12(22)9-16(14)23)10-17(26)25-21(18)28-19(11)20(27)24-13-5-3-2-4-6-13/h2-9,15H,10H2,1H3,(H,24,27)(H,25,26). The smallest absolute Gasteiger partial charge is 0.266 e. The summed E-state index contributed by atoms with van der Waals surface area (Å²) in [5, 5.41) is 6.13. The molecule has 4 nitrogen and oxygen atoms in total. The van der Waals surface area contributed by atoms with Crippen LogP contribution < -0.4 is 10.6 Å². The Morgan fingerprint density at radius 1 is 1.18 bits per heavy atom. The molecular weight excluding hydrogens is 382 g/mol. The quantitative estimate of drug-likeness (QED) is 0.648. The van der Waals surface area contributed by atoms with Gasteiger partial charge in [0.25, 0.3) is 5.91 Å². The summed E-state index contributed by atoms with van der Waals surface area (Å²) in [7, 11) is 0. The van der Waals surface area contributed by atoms with Gasteiger partial charge in [-0.15, -0.1) is 11.3 Å². The first-order chi connectivity index (χ1) is 13.4. The summed E-state index contributed by atoms with van der Waals surface area (Å²) in [6, 6.07) is 12.4. The van der Waals surface area contributed by atoms with Crippen molar-refractivity contribution in [1.29, 1.82) is 0 Å². The van der Waals surface area contributed by atoms with Gasteiger partial charge in [-0.05, 0) is 41.8 Å². The second-order valence-corrected chi connectivity index (χ2v) is 7.61. The molecule has 1 unspecified atom stereocenters. The molecule has 0 saturated carbocycles. The minimum Gasteiger partial charge on any atom is -0.321 e. The van der Waals surface area contributed by atoms with Crippen molar-refractivity contribution in [3.8, 4) is 0 Å². The van der Waals surface area contributed by atoms with Gasteiger partial charge in [-0.25, -0.2) is 8.78 Å². The van der Waals surface area contributed by atoms with Gasteiger partial charge in [0.1, 0.15) is 11.6 Å². The number of halogens is 2. The fraction of sp³-hybridized carbons (Fsp3) is 0.143. The van der Waals surface area contributed by atoms with Gasteiger partial charge < -0.3 is 10.6 Å². The molecular formula is C21H16F2N2O2S. The Morgan fingerprint density at radius 3 is 2.64 bits per heavy atom. The molecule has 2 aromatic carbocycles. The van der Waals surface area contributed by atoms with E-state index in [1.54, 1.807) is 19.1 Å². The lowest BCUT2D eigenvalue weighted by Crippen LogP contribution is -2.23. The van der Waals surface area contributed by atoms with E-state index in [4.69, 9.17) is 0 Å². The van der Waals surface area contributed by atoms with Crippen molar-refractivity contribution < 1.29 is 18.4 Å². The van der Waals surface area contributed by atoms with Crippen LogP contribution >= 0.6 is 11.3 Å². The van der Waals surface area contributed by atoms with E-state index in [2.05, 4.69) is 10.6 Å². The van der Waals surface area contributed by atoms with Crippen LogP contribution in [0.5, 0.6) is 0 Å². The number of carbonyl (C=O) groups is 2. The number of amides is 2. The Kier molecular flexibility index (Phi) is 4.68. The minimum absolute atomic E-state index is 0.0346. The first-order valence-corrected chi connectivity index (χ1v) is 9.50. The van der Waals surface area contributed by atoms with Crippen LogP contribution in [0.15, 0.2) is 48.5 Å². The molecule has 0 spiro atoms. The highest BCUT2D eigenvalue weighted by Crippen LogP contribution is 2.45. The highest BCUT2D eigenvalue weighted by atomic mass is 32.1. The van der Waals surface area contributed by atoms with Crippen LogP contribution in [-0.4, -0.2) is 11.8 Å². The third-order valence-electron chi connectivity index (χ3n) is 4.76. The molecule has 2 N–H and O–H groups in total. The summed E-state index contributed by atoms with van der Waals surface area (Å²) in [6.45, 7) is 1.78. The van der Waals surface area contributed by atoms with E-state index in [1.807, 2.05) is 18.2 Å². The summed E-state index contributed by atoms with van der Waals surface area (Å²) in [5.74, 6) is -2.51. The molecule has 2 heterocycles. The topological polar surface area (TPSA) is 58.2 Å². The molecule has 1 aliphatic rings. The van der Waals surface area contributed by atoms with Crippen molar-refractivity contribution in [2.24, 2.45) is 0 Å². The van der Waals surface area contributed by atoms with Gasteiger partial charge in [-0.1, -0.05) is 24.3 Å². The number of para-hydroxylation sites is 1. The van der Waals surface area contributed by atoms with E-state index in [9.17, 15) is 18.4 Å². The van der Waals surface area contributed by atoms with Crippen molar-refractivity contribution in [2.45, 2.75) is 19.3 Å². The maximum absolute atomic E-state index is 14.4. The van der Waals surface area contributed by atoms with Gasteiger partial charge in [0.05, 0.1) is 9.88 Å². The monoisotopic (exact) mass is 398 g/mol. The number of thiophene rings is 1. The second kappa shape index (κ2) is 7.16. The Bertz CT molecular complexity index is 1080. The zero-order valence-electron chi connectivity index (χ0n) is 14.9. The second-order valence-electron chi connectivity index (χ2n) is 6.59. The summed E-state index contributed by atoms with van der Waals surface area (Å²) < 4.78 is 27.7. The number of fused-ring (bicyclic) bond motifs is 1. The first kappa shape index (κ1) is 18.3. The third kappa shape index (κ3) is 3.29. The maximum atomic E-state index is 14.4. The summed E-state index contributed by atoms with van der Waals surface area (Å²) in [4.78, 5) is 25.4. The van der Waals surface area contributed by atoms with Gasteiger partial charge in [0, 0.05) is 24.1 Å². The molecule has 1 atom stereocenters. The zero-order valence-corrected chi connectivity index (χ0v) is 15.7. The van der Waals surface area contributed by atoms with E-state index >= 15 is 0 Å². The number of hydrogen-bond donors (Lipinski definition) is 2. The molecule has 0 fully saturated rings. The predicted molar refractivity (Wildman–Crippen MR) is 105 cm³/mol. The normalized spacial score (nSPS) is 15.7. The summed E-state index contributed by atoms with van der Waals surface area (Å²) >= 11 is 1.16. The van der Waals surface area contributed by atoms with Gasteiger partial charge in [0.15, 0.2) is 0 Å². The van der Waals surface area contributed by atoms with Crippen LogP contribution in [0.2, 0.25) is 0 Å². The predicted octanol–water partition coefficient (Wildman–Crippen LogP) is 5.06. The van der Waals surface area contributed by atoms with Crippen molar-refractivity contribution in [3.63, 3.8) is 0 Å². The Morgan fingerprint density at radius 2 is 1.93 bits per heavy atom. The van der Waals surface area contributed by atoms with E-state index in [0.717, 1.165) is 17.4 Å². The number of hydrogen-bond acceptors (Lipinski definition) is 3. The lowest BCUT2D eigenvalue weighted by molar-refractivity contribution is -0.116. The van der Waals surface area contributed by atoms with E-state index in [0.29, 0.717) is 26.7 Å². The third-order valence-corrected chi connectivity index (χ3v) is 5.98. The fourth-order valence-electron chi connectivity index (χ4n) is 3.48. The van der Waals surface area contributed by atoms with Crippen LogP contribution in [0.4, 0.5) is 19.5 Å². The maximum Gasteiger partial charge on any atom is 0.266 e. The number of carbonyl (C=O) groups excluding carboxylic acids is 2. The van der Waals surface area contributed by atoms with E-state index < -0.39 is 17.6 Å². The molecule has 2 amide bonds. The highest BCUT2D eigenvalue weighted by Gasteiger charge is 2.34. The van der Waals surface area contributed by atoms with Crippen molar-refractivity contribution in [3.05, 3.63) is 81.7 Å². The molecule has 0 radical (unpaired) electrons. The SMILES string of the molecule is Cc1c(C(=O)Nc2ccccc2)sc2c1C(c1ccc(F)cc1F)CC(=O)N2. The Labute approximate surface area is 164 Å². The number of anilines is 2. The highest BCUT2D eigenvalue weighted by molar-refractivity contribution is 7.18. The summed E-state index contributed by atoms with van der Waals surface area (Å²) in [6.07, 6.45) is 0.0346. The Balaban J connectivity index is 1.74. The Hall–Kier alpha value is -3.06. The molecule has 0 aliphatic carbocycles. The molecule has 142 valence electrons. The zero-order chi connectivity index (χ0) is 19.8. The van der Waals surface area contributed by atoms with Crippen LogP contribution in [-0.2, 0) is 4.79 Å². The largest absolute Gasteiger partial charge is 0.321 e. The van der Waals surface area contributed by atoms with Gasteiger partial charge in [0.2, 0.25) is 5.91 Å². The van der Waals surface area contributed by atoms with Crippen LogP contribution in [0.3, 0.4) is 0 Å². The number of nitrogens with one attached hydrogen (secondary N) is 2. The van der Waals surface area contributed by atoms with Crippen LogP contribution in [0.1, 0.15) is 38.7 Å². The number of benzene rings is 2. The average Bonchev–Trinajstić information content (AvgIpc) is 2.98. The average molecular weight is 398 g/mol. The van der Waals surface area contributed by atoms with Gasteiger partial charge in [-0.3, -0.25) is 9.59 Å². The van der Waals surface area contributed by atoms with Gasteiger partial charge >= 0.3 is 0 Å². The molecule has 1 aliphatic heterocycles. The summed E-state index contributed by atoms with van der Waals surface area (Å²) in [5.41, 5.74) is 2.28. The van der Waals surface area contributed by atoms with E-state index in [1.165, 1.54) is 12.1 Å². The van der Waals surface area contributed by atoms with Crippen molar-refractivity contribution >= 4 is 33.8 Å². The van der Waals surface area contributed by atoms with Crippen molar-refractivity contribution in [2.75, 3.05) is 10.6 Å². The molecule has 3 aromatic rings. The lowest BCUT2D eigenvalue weighted by atomic mass is 9.84. The van der Waals surface area contributed by atoms with Crippen LogP contribution in [0.25, 0.3) is 0 Å². The first-order valence-electron chi connectivity index (χ1n) is 8.68. The molecule has 0 saturated heterocycles. The molecule has 7 heteroatoms. The van der Waals surface area contributed by atoms with Gasteiger partial charge in [-0.2, -0.15) is 0 Å². The molecule has 28 heavy (non-hydrogen) atoms. The number of rotatable bonds is 3. The van der Waals surface area contributed by atoms with Crippen molar-refractivity contribution in [1.82, 2.24) is 0 Å². The van der Waals surface area contributed by atoms with Crippen LogP contribution in [0, 0.1) is 18.6 Å².